The first-order chi connectivity index (χ1) is 14.4. The molecule has 0 aliphatic heterocycles. The SMILES string of the molecule is CC(=O)O.CC(=O)O.CC(=O)O.CC(=O)O.NCCN.OC[C@@H](O)[C@@H](O)[C@H](O)[C@@H](O)CS. The van der Waals surface area contributed by atoms with Gasteiger partial charge in [0.15, 0.2) is 0 Å². The Kier molecular flexibility index (Phi) is 45.9. The molecule has 0 aromatic rings. The van der Waals surface area contributed by atoms with E-state index in [1.54, 1.807) is 0 Å². The average molecular weight is 499 g/mol. The summed E-state index contributed by atoms with van der Waals surface area (Å²) in [6.45, 7) is 4.86. The summed E-state index contributed by atoms with van der Waals surface area (Å²) >= 11 is 3.68. The zero-order chi connectivity index (χ0) is 27.4. The van der Waals surface area contributed by atoms with Crippen molar-refractivity contribution < 1.29 is 65.1 Å². The van der Waals surface area contributed by atoms with Gasteiger partial charge in [0.1, 0.15) is 18.3 Å². The van der Waals surface area contributed by atoms with Crippen molar-refractivity contribution in [3.8, 4) is 0 Å². The van der Waals surface area contributed by atoms with Gasteiger partial charge < -0.3 is 57.4 Å². The summed E-state index contributed by atoms with van der Waals surface area (Å²) < 4.78 is 0. The minimum absolute atomic E-state index is 0.0314. The molecule has 0 heterocycles. The number of aliphatic carboxylic acids is 4. The molecule has 0 spiro atoms. The van der Waals surface area contributed by atoms with Crippen LogP contribution in [0.5, 0.6) is 0 Å². The highest BCUT2D eigenvalue weighted by molar-refractivity contribution is 7.80. The lowest BCUT2D eigenvalue weighted by molar-refractivity contribution is -0.135. The van der Waals surface area contributed by atoms with Gasteiger partial charge in [-0.3, -0.25) is 19.2 Å². The van der Waals surface area contributed by atoms with Crippen molar-refractivity contribution in [1.29, 1.82) is 0 Å². The molecule has 0 unspecified atom stereocenters. The molecular weight excluding hydrogens is 460 g/mol. The van der Waals surface area contributed by atoms with E-state index < -0.39 is 54.9 Å². The molecular formula is C16H38N2O13S. The van der Waals surface area contributed by atoms with Crippen LogP contribution in [0.3, 0.4) is 0 Å². The van der Waals surface area contributed by atoms with Crippen molar-refractivity contribution in [2.45, 2.75) is 52.1 Å². The first kappa shape index (κ1) is 43.8. The van der Waals surface area contributed by atoms with Crippen LogP contribution in [0.1, 0.15) is 27.7 Å². The Morgan fingerprint density at radius 2 is 0.844 bits per heavy atom. The Hall–Kier alpha value is -2.05. The zero-order valence-electron chi connectivity index (χ0n) is 18.4. The highest BCUT2D eigenvalue weighted by atomic mass is 32.1. The second-order valence-electron chi connectivity index (χ2n) is 5.13. The van der Waals surface area contributed by atoms with Gasteiger partial charge in [0.05, 0.1) is 12.7 Å². The van der Waals surface area contributed by atoms with Crippen molar-refractivity contribution in [3.63, 3.8) is 0 Å². The maximum absolute atomic E-state index is 9.07. The molecule has 0 aromatic heterocycles. The van der Waals surface area contributed by atoms with Crippen LogP contribution in [-0.4, -0.2) is 120 Å². The largest absolute Gasteiger partial charge is 0.481 e. The molecule has 0 bridgehead atoms. The summed E-state index contributed by atoms with van der Waals surface area (Å²) in [5.74, 6) is -3.36. The standard InChI is InChI=1S/C6H14O5S.C2H8N2.4C2H4O2/c7-1-3(8)5(10)6(11)4(9)2-12;3-1-2-4;4*1-2(3)4/h3-12H,1-2H2;1-4H2;4*1H3,(H,3,4)/t3-,4+,5-,6-;;;;;/m1...../s1. The fraction of sp³-hybridized carbons (Fsp3) is 0.750. The average Bonchev–Trinajstić information content (AvgIpc) is 2.63. The number of aliphatic hydroxyl groups excluding tert-OH is 5. The van der Waals surface area contributed by atoms with E-state index in [0.29, 0.717) is 13.1 Å². The van der Waals surface area contributed by atoms with Gasteiger partial charge in [0.25, 0.3) is 23.9 Å². The van der Waals surface area contributed by atoms with E-state index in [1.165, 1.54) is 0 Å². The highest BCUT2D eigenvalue weighted by Crippen LogP contribution is 2.05. The van der Waals surface area contributed by atoms with Crippen molar-refractivity contribution in [2.24, 2.45) is 11.5 Å². The molecule has 196 valence electrons. The number of carboxylic acid groups (broad SMARTS) is 4. The van der Waals surface area contributed by atoms with Crippen molar-refractivity contribution in [1.82, 2.24) is 0 Å². The number of rotatable bonds is 6. The van der Waals surface area contributed by atoms with Crippen LogP contribution in [-0.2, 0) is 19.2 Å². The smallest absolute Gasteiger partial charge is 0.300 e. The second kappa shape index (κ2) is 33.6. The molecule has 0 saturated carbocycles. The predicted octanol–water partition coefficient (Wildman–Crippen LogP) is -3.38. The molecule has 32 heavy (non-hydrogen) atoms. The number of carboxylic acids is 4. The Balaban J connectivity index is -0.0000000706. The van der Waals surface area contributed by atoms with Crippen LogP contribution in [0.15, 0.2) is 0 Å². The quantitative estimate of drug-likeness (QED) is 0.159. The number of nitrogens with two attached hydrogens (primary N) is 2. The maximum atomic E-state index is 9.07. The van der Waals surface area contributed by atoms with E-state index >= 15 is 0 Å². The van der Waals surface area contributed by atoms with Gasteiger partial charge in [0.2, 0.25) is 0 Å². The highest BCUT2D eigenvalue weighted by Gasteiger charge is 2.28. The third-order valence-electron chi connectivity index (χ3n) is 1.68. The molecule has 15 nitrogen and oxygen atoms in total. The zero-order valence-corrected chi connectivity index (χ0v) is 19.3. The molecule has 0 aliphatic carbocycles. The number of hydrogen-bond acceptors (Lipinski definition) is 12. The fourth-order valence-electron chi connectivity index (χ4n) is 0.671. The second-order valence-corrected chi connectivity index (χ2v) is 5.50. The monoisotopic (exact) mass is 498 g/mol. The van der Waals surface area contributed by atoms with Gasteiger partial charge in [-0.25, -0.2) is 0 Å². The van der Waals surface area contributed by atoms with Crippen molar-refractivity contribution in [2.75, 3.05) is 25.4 Å². The lowest BCUT2D eigenvalue weighted by Gasteiger charge is -2.24. The molecule has 0 amide bonds. The third kappa shape index (κ3) is 90.8. The predicted molar refractivity (Wildman–Crippen MR) is 116 cm³/mol. The Morgan fingerprint density at radius 3 is 0.969 bits per heavy atom. The van der Waals surface area contributed by atoms with E-state index in [1.807, 2.05) is 0 Å². The molecule has 16 heteroatoms. The number of thiol groups is 1. The van der Waals surface area contributed by atoms with Gasteiger partial charge in [-0.05, 0) is 0 Å². The number of aliphatic hydroxyl groups is 5. The van der Waals surface area contributed by atoms with E-state index in [-0.39, 0.29) is 5.75 Å². The van der Waals surface area contributed by atoms with Gasteiger partial charge in [0, 0.05) is 46.5 Å². The molecule has 0 aliphatic rings. The van der Waals surface area contributed by atoms with E-state index in [2.05, 4.69) is 12.6 Å². The summed E-state index contributed by atoms with van der Waals surface area (Å²) in [7, 11) is 0. The summed E-state index contributed by atoms with van der Waals surface area (Å²) in [5, 5.41) is 74.0. The molecule has 13 N–H and O–H groups in total. The molecule has 0 rings (SSSR count). The van der Waals surface area contributed by atoms with Gasteiger partial charge >= 0.3 is 0 Å². The first-order valence-electron chi connectivity index (χ1n) is 8.51. The van der Waals surface area contributed by atoms with Crippen molar-refractivity contribution in [3.05, 3.63) is 0 Å². The summed E-state index contributed by atoms with van der Waals surface area (Å²) in [5.41, 5.74) is 9.81. The van der Waals surface area contributed by atoms with Crippen LogP contribution < -0.4 is 11.5 Å². The molecule has 0 aromatic carbocycles. The summed E-state index contributed by atoms with van der Waals surface area (Å²) in [6, 6.07) is 0. The third-order valence-corrected chi connectivity index (χ3v) is 2.05. The number of carbonyl (C=O) groups is 4. The lowest BCUT2D eigenvalue weighted by atomic mass is 10.0. The van der Waals surface area contributed by atoms with Gasteiger partial charge in [-0.1, -0.05) is 0 Å². The lowest BCUT2D eigenvalue weighted by Crippen LogP contribution is -2.46. The maximum Gasteiger partial charge on any atom is 0.300 e. The van der Waals surface area contributed by atoms with Gasteiger partial charge in [-0.15, -0.1) is 0 Å². The van der Waals surface area contributed by atoms with Crippen LogP contribution in [0.4, 0.5) is 0 Å². The van der Waals surface area contributed by atoms with Crippen LogP contribution in [0.2, 0.25) is 0 Å². The normalized spacial score (nSPS) is 12.1. The first-order valence-corrected chi connectivity index (χ1v) is 9.14. The molecule has 0 radical (unpaired) electrons. The molecule has 0 saturated heterocycles. The van der Waals surface area contributed by atoms with Crippen LogP contribution >= 0.6 is 12.6 Å². The summed E-state index contributed by atoms with van der Waals surface area (Å²) in [4.78, 5) is 36.0. The van der Waals surface area contributed by atoms with Crippen LogP contribution in [0, 0.1) is 0 Å². The van der Waals surface area contributed by atoms with E-state index in [4.69, 9.17) is 76.6 Å². The Bertz CT molecular complexity index is 376. The fourth-order valence-corrected chi connectivity index (χ4v) is 0.887. The van der Waals surface area contributed by atoms with Crippen LogP contribution in [0.25, 0.3) is 0 Å². The van der Waals surface area contributed by atoms with Gasteiger partial charge in [-0.2, -0.15) is 12.6 Å². The van der Waals surface area contributed by atoms with E-state index in [9.17, 15) is 0 Å². The van der Waals surface area contributed by atoms with Crippen molar-refractivity contribution >= 4 is 36.5 Å². The van der Waals surface area contributed by atoms with E-state index in [0.717, 1.165) is 27.7 Å². The molecule has 4 atom stereocenters. The minimum atomic E-state index is -1.56. The topological polar surface area (TPSA) is 302 Å². The summed E-state index contributed by atoms with van der Waals surface area (Å²) in [6.07, 6.45) is -5.72. The molecule has 0 fully saturated rings. The number of hydrogen-bond donors (Lipinski definition) is 12. The Labute approximate surface area is 191 Å². The Morgan fingerprint density at radius 1 is 0.656 bits per heavy atom. The minimum Gasteiger partial charge on any atom is -0.481 e.